The summed E-state index contributed by atoms with van der Waals surface area (Å²) in [6, 6.07) is 12.0. The Morgan fingerprint density at radius 1 is 1.10 bits per heavy atom. The molecule has 7 heteroatoms. The fourth-order valence-electron chi connectivity index (χ4n) is 2.93. The van der Waals surface area contributed by atoms with Crippen molar-refractivity contribution in [2.45, 2.75) is 52.2 Å². The van der Waals surface area contributed by atoms with Gasteiger partial charge in [0.05, 0.1) is 0 Å². The van der Waals surface area contributed by atoms with Crippen LogP contribution in [0.5, 0.6) is 5.75 Å². The van der Waals surface area contributed by atoms with Crippen molar-refractivity contribution >= 4 is 23.4 Å². The molecule has 0 radical (unpaired) electrons. The molecule has 0 aliphatic carbocycles. The first-order valence-electron chi connectivity index (χ1n) is 10.1. The van der Waals surface area contributed by atoms with E-state index in [9.17, 15) is 14.0 Å². The average molecular weight is 435 g/mol. The van der Waals surface area contributed by atoms with Crippen LogP contribution in [0, 0.1) is 5.82 Å². The van der Waals surface area contributed by atoms with Crippen LogP contribution in [0.15, 0.2) is 48.5 Å². The summed E-state index contributed by atoms with van der Waals surface area (Å²) < 4.78 is 18.6. The van der Waals surface area contributed by atoms with Crippen LogP contribution in [0.25, 0.3) is 0 Å². The van der Waals surface area contributed by atoms with Crippen LogP contribution in [-0.4, -0.2) is 35.4 Å². The molecule has 2 amide bonds. The van der Waals surface area contributed by atoms with Crippen LogP contribution < -0.4 is 10.1 Å². The van der Waals surface area contributed by atoms with Gasteiger partial charge in [-0.2, -0.15) is 0 Å². The summed E-state index contributed by atoms with van der Waals surface area (Å²) in [6.07, 6.45) is 1.23. The molecule has 0 bridgehead atoms. The quantitative estimate of drug-likeness (QED) is 0.595. The zero-order valence-corrected chi connectivity index (χ0v) is 18.3. The fraction of sp³-hybridized carbons (Fsp3) is 0.391. The van der Waals surface area contributed by atoms with Crippen molar-refractivity contribution in [2.24, 2.45) is 0 Å². The number of hydrogen-bond acceptors (Lipinski definition) is 3. The summed E-state index contributed by atoms with van der Waals surface area (Å²) in [7, 11) is 0. The number of ether oxygens (including phenoxy) is 1. The van der Waals surface area contributed by atoms with Crippen molar-refractivity contribution in [3.8, 4) is 5.75 Å². The van der Waals surface area contributed by atoms with Gasteiger partial charge in [-0.1, -0.05) is 43.6 Å². The summed E-state index contributed by atoms with van der Waals surface area (Å²) in [6.45, 7) is 5.66. The van der Waals surface area contributed by atoms with E-state index in [1.165, 1.54) is 29.2 Å². The summed E-state index contributed by atoms with van der Waals surface area (Å²) in [5, 5.41) is 3.47. The molecule has 2 atom stereocenters. The molecule has 2 aromatic rings. The molecule has 0 unspecified atom stereocenters. The van der Waals surface area contributed by atoms with Crippen molar-refractivity contribution in [2.75, 3.05) is 6.61 Å². The molecule has 0 aromatic heterocycles. The molecule has 0 aliphatic heterocycles. The van der Waals surface area contributed by atoms with Gasteiger partial charge in [-0.25, -0.2) is 4.39 Å². The maximum atomic E-state index is 13.1. The van der Waals surface area contributed by atoms with Gasteiger partial charge >= 0.3 is 0 Å². The Kier molecular flexibility index (Phi) is 9.12. The van der Waals surface area contributed by atoms with Gasteiger partial charge in [0.25, 0.3) is 5.91 Å². The van der Waals surface area contributed by atoms with Crippen molar-refractivity contribution in [1.29, 1.82) is 0 Å². The SMILES string of the molecule is CC[C@@H](C)NC(=O)[C@@H](CC)N(Cc1ccccc1Cl)C(=O)COc1ccc(F)cc1. The molecular formula is C23H28ClFN2O3. The Morgan fingerprint density at radius 3 is 2.37 bits per heavy atom. The van der Waals surface area contributed by atoms with E-state index >= 15 is 0 Å². The summed E-state index contributed by atoms with van der Waals surface area (Å²) >= 11 is 6.29. The fourth-order valence-corrected chi connectivity index (χ4v) is 3.13. The van der Waals surface area contributed by atoms with Crippen molar-refractivity contribution in [3.63, 3.8) is 0 Å². The van der Waals surface area contributed by atoms with Gasteiger partial charge in [0, 0.05) is 17.6 Å². The van der Waals surface area contributed by atoms with Gasteiger partial charge in [-0.3, -0.25) is 9.59 Å². The van der Waals surface area contributed by atoms with Crippen LogP contribution in [-0.2, 0) is 16.1 Å². The second-order valence-corrected chi connectivity index (χ2v) is 7.50. The van der Waals surface area contributed by atoms with E-state index in [-0.39, 0.29) is 36.8 Å². The largest absolute Gasteiger partial charge is 0.484 e. The predicted molar refractivity (Wildman–Crippen MR) is 116 cm³/mol. The molecule has 2 aromatic carbocycles. The third-order valence-corrected chi connectivity index (χ3v) is 5.23. The van der Waals surface area contributed by atoms with Gasteiger partial charge in [0.15, 0.2) is 6.61 Å². The molecule has 0 saturated heterocycles. The number of amides is 2. The van der Waals surface area contributed by atoms with Crippen LogP contribution in [0.1, 0.15) is 39.2 Å². The molecule has 0 saturated carbocycles. The minimum atomic E-state index is -0.667. The topological polar surface area (TPSA) is 58.6 Å². The molecule has 0 heterocycles. The zero-order valence-electron chi connectivity index (χ0n) is 17.5. The molecular weight excluding hydrogens is 407 g/mol. The first-order valence-corrected chi connectivity index (χ1v) is 10.4. The molecule has 30 heavy (non-hydrogen) atoms. The van der Waals surface area contributed by atoms with Crippen LogP contribution in [0.2, 0.25) is 5.02 Å². The summed E-state index contributed by atoms with van der Waals surface area (Å²) in [5.41, 5.74) is 0.740. The van der Waals surface area contributed by atoms with Crippen LogP contribution in [0.4, 0.5) is 4.39 Å². The van der Waals surface area contributed by atoms with Crippen molar-refractivity contribution in [1.82, 2.24) is 10.2 Å². The van der Waals surface area contributed by atoms with E-state index in [1.807, 2.05) is 39.0 Å². The van der Waals surface area contributed by atoms with E-state index in [2.05, 4.69) is 5.32 Å². The molecule has 0 fully saturated rings. The zero-order chi connectivity index (χ0) is 22.1. The van der Waals surface area contributed by atoms with E-state index in [4.69, 9.17) is 16.3 Å². The maximum Gasteiger partial charge on any atom is 0.261 e. The molecule has 162 valence electrons. The molecule has 2 rings (SSSR count). The number of halogens is 2. The lowest BCUT2D eigenvalue weighted by Gasteiger charge is -2.31. The third kappa shape index (κ3) is 6.73. The first kappa shape index (κ1) is 23.7. The summed E-state index contributed by atoms with van der Waals surface area (Å²) in [5.74, 6) is -0.583. The monoisotopic (exact) mass is 434 g/mol. The molecule has 1 N–H and O–H groups in total. The van der Waals surface area contributed by atoms with Gasteiger partial charge < -0.3 is 15.0 Å². The van der Waals surface area contributed by atoms with E-state index < -0.39 is 6.04 Å². The van der Waals surface area contributed by atoms with Gasteiger partial charge in [-0.15, -0.1) is 0 Å². The molecule has 5 nitrogen and oxygen atoms in total. The highest BCUT2D eigenvalue weighted by Crippen LogP contribution is 2.20. The Balaban J connectivity index is 2.21. The normalized spacial score (nSPS) is 12.7. The van der Waals surface area contributed by atoms with E-state index in [1.54, 1.807) is 6.07 Å². The Bertz CT molecular complexity index is 845. The van der Waals surface area contributed by atoms with Crippen molar-refractivity contribution in [3.05, 3.63) is 64.9 Å². The second kappa shape index (κ2) is 11.6. The van der Waals surface area contributed by atoms with Crippen molar-refractivity contribution < 1.29 is 18.7 Å². The maximum absolute atomic E-state index is 13.1. The highest BCUT2D eigenvalue weighted by Gasteiger charge is 2.30. The molecule has 0 aliphatic rings. The number of nitrogens with zero attached hydrogens (tertiary/aromatic N) is 1. The first-order chi connectivity index (χ1) is 14.3. The Labute approximate surface area is 182 Å². The van der Waals surface area contributed by atoms with E-state index in [0.29, 0.717) is 17.2 Å². The smallest absolute Gasteiger partial charge is 0.261 e. The van der Waals surface area contributed by atoms with Crippen LogP contribution >= 0.6 is 11.6 Å². The number of rotatable bonds is 10. The second-order valence-electron chi connectivity index (χ2n) is 7.10. The van der Waals surface area contributed by atoms with Gasteiger partial charge in [0.2, 0.25) is 5.91 Å². The lowest BCUT2D eigenvalue weighted by Crippen LogP contribution is -2.51. The standard InChI is InChI=1S/C23H28ClFN2O3/c1-4-16(3)26-23(29)21(5-2)27(14-17-8-6-7-9-20(17)24)22(28)15-30-19-12-10-18(25)11-13-19/h6-13,16,21H,4-5,14-15H2,1-3H3,(H,26,29)/t16-,21-/m1/s1. The number of nitrogens with one attached hydrogen (secondary N) is 1. The lowest BCUT2D eigenvalue weighted by atomic mass is 10.1. The van der Waals surface area contributed by atoms with Gasteiger partial charge in [0.1, 0.15) is 17.6 Å². The lowest BCUT2D eigenvalue weighted by molar-refractivity contribution is -0.143. The summed E-state index contributed by atoms with van der Waals surface area (Å²) in [4.78, 5) is 27.4. The van der Waals surface area contributed by atoms with Gasteiger partial charge in [-0.05, 0) is 55.7 Å². The Hall–Kier alpha value is -2.60. The highest BCUT2D eigenvalue weighted by atomic mass is 35.5. The number of benzene rings is 2. The predicted octanol–water partition coefficient (Wildman–Crippen LogP) is 4.58. The minimum Gasteiger partial charge on any atom is -0.484 e. The van der Waals surface area contributed by atoms with E-state index in [0.717, 1.165) is 12.0 Å². The number of carbonyl (C=O) groups excluding carboxylic acids is 2. The minimum absolute atomic E-state index is 0.000666. The number of carbonyl (C=O) groups is 2. The molecule has 0 spiro atoms. The van der Waals surface area contributed by atoms with Crippen LogP contribution in [0.3, 0.4) is 0 Å². The Morgan fingerprint density at radius 2 is 1.77 bits per heavy atom. The average Bonchev–Trinajstić information content (AvgIpc) is 2.74. The number of hydrogen-bond donors (Lipinski definition) is 1. The third-order valence-electron chi connectivity index (χ3n) is 4.86. The highest BCUT2D eigenvalue weighted by molar-refractivity contribution is 6.31.